The summed E-state index contributed by atoms with van der Waals surface area (Å²) < 4.78 is 18.7. The lowest BCUT2D eigenvalue weighted by molar-refractivity contribution is 0.487. The fraction of sp³-hybridized carbons (Fsp3) is 0. The van der Waals surface area contributed by atoms with Crippen molar-refractivity contribution in [3.63, 3.8) is 0 Å². The third-order valence-corrected chi connectivity index (χ3v) is 12.8. The molecule has 232 valence electrons. The fourth-order valence-electron chi connectivity index (χ4n) is 8.13. The van der Waals surface area contributed by atoms with E-state index >= 15 is 0 Å². The number of hydrogen-bond donors (Lipinski definition) is 0. The molecule has 0 aliphatic carbocycles. The molecule has 1 aliphatic rings. The van der Waals surface area contributed by atoms with Crippen LogP contribution in [0.5, 0.6) is 11.5 Å². The summed E-state index contributed by atoms with van der Waals surface area (Å²) in [5.41, 5.74) is 8.68. The molecule has 12 rings (SSSR count). The summed E-state index contributed by atoms with van der Waals surface area (Å²) in [7, 11) is 0. The molecule has 3 aromatic heterocycles. The first-order chi connectivity index (χ1) is 24.7. The predicted octanol–water partition coefficient (Wildman–Crippen LogP) is 14.6. The van der Waals surface area contributed by atoms with Crippen molar-refractivity contribution in [1.29, 1.82) is 0 Å². The lowest BCUT2D eigenvalue weighted by Gasteiger charge is -2.22. The van der Waals surface area contributed by atoms with Crippen LogP contribution in [-0.4, -0.2) is 0 Å². The molecule has 0 bridgehead atoms. The van der Waals surface area contributed by atoms with Crippen LogP contribution in [0.15, 0.2) is 150 Å². The van der Waals surface area contributed by atoms with E-state index in [0.29, 0.717) is 0 Å². The van der Waals surface area contributed by atoms with Crippen LogP contribution < -0.4 is 4.74 Å². The molecule has 50 heavy (non-hydrogen) atoms. The average molecular weight is 673 g/mol. The Kier molecular flexibility index (Phi) is 5.29. The molecule has 1 aliphatic heterocycles. The molecular weight excluding hydrogens is 649 g/mol. The number of hydrogen-bond acceptors (Lipinski definition) is 4. The number of thiophene rings is 2. The Hall–Kier alpha value is -5.94. The normalized spacial score (nSPS) is 12.6. The Morgan fingerprint density at radius 1 is 0.340 bits per heavy atom. The highest BCUT2D eigenvalue weighted by atomic mass is 32.1. The molecule has 0 unspecified atom stereocenters. The number of rotatable bonds is 2. The van der Waals surface area contributed by atoms with Crippen LogP contribution in [0.1, 0.15) is 0 Å². The van der Waals surface area contributed by atoms with Crippen LogP contribution in [0.4, 0.5) is 0 Å². The molecule has 0 atom stereocenters. The van der Waals surface area contributed by atoms with Crippen LogP contribution >= 0.6 is 22.7 Å². The van der Waals surface area contributed by atoms with Gasteiger partial charge >= 0.3 is 0 Å². The average Bonchev–Trinajstić information content (AvgIpc) is 3.85. The van der Waals surface area contributed by atoms with Crippen molar-refractivity contribution in [1.82, 2.24) is 0 Å². The first-order valence-corrected chi connectivity index (χ1v) is 18.4. The Labute approximate surface area is 294 Å². The van der Waals surface area contributed by atoms with E-state index in [1.807, 2.05) is 22.7 Å². The van der Waals surface area contributed by atoms with Crippen molar-refractivity contribution in [2.24, 2.45) is 0 Å². The van der Waals surface area contributed by atoms with Gasteiger partial charge < -0.3 is 9.15 Å². The summed E-state index contributed by atoms with van der Waals surface area (Å²) in [6.45, 7) is 0. The van der Waals surface area contributed by atoms with Gasteiger partial charge in [-0.2, -0.15) is 0 Å². The maximum absolute atomic E-state index is 6.71. The number of furan rings is 1. The minimum atomic E-state index is 0.867. The minimum Gasteiger partial charge on any atom is -0.456 e. The van der Waals surface area contributed by atoms with Crippen LogP contribution in [0, 0.1) is 0 Å². The zero-order valence-corrected chi connectivity index (χ0v) is 28.1. The standard InChI is InChI=1S/C46H24O2S2/c1-3-10-41-30(6-1)34-20-25(14-18-43(34)49-41)27-12-16-29-36-24-40-45(33-8-5-9-37(46(33)36)47-38(29)22-27)32-17-13-28(23-39(32)48-40)26-15-19-44-35(21-26)31-7-2-4-11-42(31)50-44/h1-24H. The highest BCUT2D eigenvalue weighted by Crippen LogP contribution is 2.51. The van der Waals surface area contributed by atoms with Gasteiger partial charge in [0.1, 0.15) is 22.7 Å². The van der Waals surface area contributed by atoms with Crippen LogP contribution in [-0.2, 0) is 0 Å². The first-order valence-electron chi connectivity index (χ1n) is 16.8. The van der Waals surface area contributed by atoms with Gasteiger partial charge in [0.2, 0.25) is 0 Å². The smallest absolute Gasteiger partial charge is 0.136 e. The maximum Gasteiger partial charge on any atom is 0.136 e. The van der Waals surface area contributed by atoms with Gasteiger partial charge in [0.05, 0.1) is 0 Å². The number of fused-ring (bicyclic) bond motifs is 12. The van der Waals surface area contributed by atoms with Crippen LogP contribution in [0.2, 0.25) is 0 Å². The lowest BCUT2D eigenvalue weighted by Crippen LogP contribution is -1.97. The van der Waals surface area contributed by atoms with Crippen molar-refractivity contribution in [3.05, 3.63) is 146 Å². The van der Waals surface area contributed by atoms with Gasteiger partial charge in [0, 0.05) is 67.6 Å². The third-order valence-electron chi connectivity index (χ3n) is 10.5. The summed E-state index contributed by atoms with van der Waals surface area (Å²) in [5, 5.41) is 9.75. The summed E-state index contributed by atoms with van der Waals surface area (Å²) in [4.78, 5) is 0. The van der Waals surface area contributed by atoms with Gasteiger partial charge in [-0.3, -0.25) is 0 Å². The second-order valence-corrected chi connectivity index (χ2v) is 15.4. The number of benzene rings is 8. The Morgan fingerprint density at radius 3 is 1.68 bits per heavy atom. The van der Waals surface area contributed by atoms with Gasteiger partial charge in [-0.1, -0.05) is 72.8 Å². The van der Waals surface area contributed by atoms with E-state index in [4.69, 9.17) is 9.15 Å². The van der Waals surface area contributed by atoms with Crippen molar-refractivity contribution in [3.8, 4) is 44.9 Å². The minimum absolute atomic E-state index is 0.867. The molecule has 8 aromatic carbocycles. The molecule has 0 fully saturated rings. The summed E-state index contributed by atoms with van der Waals surface area (Å²) in [6, 6.07) is 52.8. The van der Waals surface area contributed by atoms with Gasteiger partial charge in [0.15, 0.2) is 0 Å². The molecule has 4 heteroatoms. The molecule has 0 saturated carbocycles. The third kappa shape index (κ3) is 3.72. The van der Waals surface area contributed by atoms with Gasteiger partial charge in [-0.25, -0.2) is 0 Å². The lowest BCUT2D eigenvalue weighted by atomic mass is 9.90. The quantitative estimate of drug-likeness (QED) is 0.182. The Balaban J connectivity index is 1.00. The maximum atomic E-state index is 6.71. The molecule has 0 spiro atoms. The molecule has 0 saturated heterocycles. The van der Waals surface area contributed by atoms with Crippen molar-refractivity contribution >= 4 is 95.7 Å². The van der Waals surface area contributed by atoms with E-state index in [1.54, 1.807) is 0 Å². The second kappa shape index (κ2) is 9.82. The molecular formula is C46H24O2S2. The van der Waals surface area contributed by atoms with Crippen LogP contribution in [0.25, 0.3) is 106 Å². The molecule has 0 radical (unpaired) electrons. The zero-order valence-electron chi connectivity index (χ0n) is 26.5. The van der Waals surface area contributed by atoms with Crippen molar-refractivity contribution in [2.45, 2.75) is 0 Å². The molecule has 2 nitrogen and oxygen atoms in total. The molecule has 11 aromatic rings. The summed E-state index contributed by atoms with van der Waals surface area (Å²) in [5.74, 6) is 1.75. The van der Waals surface area contributed by atoms with Gasteiger partial charge in [-0.05, 0) is 100 Å². The monoisotopic (exact) mass is 672 g/mol. The zero-order chi connectivity index (χ0) is 32.5. The van der Waals surface area contributed by atoms with Crippen molar-refractivity contribution in [2.75, 3.05) is 0 Å². The summed E-state index contributed by atoms with van der Waals surface area (Å²) >= 11 is 3.70. The fourth-order valence-corrected chi connectivity index (χ4v) is 10.3. The number of ether oxygens (including phenoxy) is 1. The van der Waals surface area contributed by atoms with E-state index in [9.17, 15) is 0 Å². The highest BCUT2D eigenvalue weighted by molar-refractivity contribution is 7.26. The van der Waals surface area contributed by atoms with E-state index < -0.39 is 0 Å². The van der Waals surface area contributed by atoms with E-state index in [1.165, 1.54) is 51.5 Å². The molecule has 4 heterocycles. The van der Waals surface area contributed by atoms with Gasteiger partial charge in [0.25, 0.3) is 0 Å². The van der Waals surface area contributed by atoms with Crippen molar-refractivity contribution < 1.29 is 9.15 Å². The molecule has 0 amide bonds. The van der Waals surface area contributed by atoms with E-state index in [2.05, 4.69) is 146 Å². The van der Waals surface area contributed by atoms with E-state index in [-0.39, 0.29) is 0 Å². The predicted molar refractivity (Wildman–Crippen MR) is 213 cm³/mol. The van der Waals surface area contributed by atoms with E-state index in [0.717, 1.165) is 66.5 Å². The Bertz CT molecular complexity index is 3250. The van der Waals surface area contributed by atoms with Crippen LogP contribution in [0.3, 0.4) is 0 Å². The van der Waals surface area contributed by atoms with Gasteiger partial charge in [-0.15, -0.1) is 22.7 Å². The SMILES string of the molecule is c1ccc2c(c1)sc1ccc(-c3ccc4c(c3)Oc3cccc5c3c-4cc3oc4cc(-c6ccc7sc8ccccc8c7c6)ccc4c35)cc12. The first kappa shape index (κ1) is 26.9. The highest BCUT2D eigenvalue weighted by Gasteiger charge is 2.24. The molecule has 0 N–H and O–H groups in total. The second-order valence-electron chi connectivity index (χ2n) is 13.2. The summed E-state index contributed by atoms with van der Waals surface area (Å²) in [6.07, 6.45) is 0. The topological polar surface area (TPSA) is 22.4 Å². The Morgan fingerprint density at radius 2 is 0.940 bits per heavy atom. The largest absolute Gasteiger partial charge is 0.456 e.